The van der Waals surface area contributed by atoms with E-state index in [9.17, 15) is 13.6 Å². The van der Waals surface area contributed by atoms with E-state index in [4.69, 9.17) is 0 Å². The molecule has 0 bridgehead atoms. The first-order chi connectivity index (χ1) is 14.1. The molecular weight excluding hydrogens is 376 g/mol. The second kappa shape index (κ2) is 8.22. The summed E-state index contributed by atoms with van der Waals surface area (Å²) in [4.78, 5) is 14.7. The maximum Gasteiger partial charge on any atom is 0.276 e. The summed E-state index contributed by atoms with van der Waals surface area (Å²) in [7, 11) is 0. The molecule has 1 aromatic heterocycles. The molecule has 2 aromatic carbocycles. The lowest BCUT2D eigenvalue weighted by molar-refractivity contribution is 0.102. The Hall–Kier alpha value is -3.55. The van der Waals surface area contributed by atoms with Crippen molar-refractivity contribution in [1.82, 2.24) is 10.2 Å². The molecule has 1 aliphatic heterocycles. The van der Waals surface area contributed by atoms with Crippen LogP contribution in [0.1, 0.15) is 23.3 Å². The summed E-state index contributed by atoms with van der Waals surface area (Å²) < 4.78 is 26.7. The highest BCUT2D eigenvalue weighted by molar-refractivity contribution is 6.02. The monoisotopic (exact) mass is 395 g/mol. The van der Waals surface area contributed by atoms with Crippen molar-refractivity contribution in [1.29, 1.82) is 0 Å². The molecule has 6 nitrogen and oxygen atoms in total. The van der Waals surface area contributed by atoms with Crippen LogP contribution in [0.3, 0.4) is 0 Å². The van der Waals surface area contributed by atoms with Gasteiger partial charge in [-0.05, 0) is 61.4 Å². The standard InChI is InChI=1S/C21H19F2N5O/c22-14-3-8-18(17(23)13-14)25-20-10-9-19(26-27-20)21(29)24-15-4-6-16(7-5-15)28-11-1-2-12-28/h3-10,13H,1-2,11-12H2,(H,24,29)(H,25,27). The number of nitrogens with one attached hydrogen (secondary N) is 2. The van der Waals surface area contributed by atoms with Gasteiger partial charge in [-0.25, -0.2) is 8.78 Å². The van der Waals surface area contributed by atoms with Gasteiger partial charge in [0.25, 0.3) is 5.91 Å². The van der Waals surface area contributed by atoms with Crippen molar-refractivity contribution in [2.75, 3.05) is 28.6 Å². The summed E-state index contributed by atoms with van der Waals surface area (Å²) >= 11 is 0. The molecule has 2 N–H and O–H groups in total. The van der Waals surface area contributed by atoms with Crippen LogP contribution in [-0.2, 0) is 0 Å². The van der Waals surface area contributed by atoms with E-state index in [2.05, 4.69) is 25.7 Å². The smallest absolute Gasteiger partial charge is 0.276 e. The van der Waals surface area contributed by atoms with Crippen molar-refractivity contribution < 1.29 is 13.6 Å². The maximum atomic E-state index is 13.7. The summed E-state index contributed by atoms with van der Waals surface area (Å²) in [6.45, 7) is 2.12. The first-order valence-electron chi connectivity index (χ1n) is 9.31. The molecular formula is C21H19F2N5O. The Kier molecular flexibility index (Phi) is 5.33. The van der Waals surface area contributed by atoms with Crippen LogP contribution >= 0.6 is 0 Å². The van der Waals surface area contributed by atoms with Gasteiger partial charge in [0.2, 0.25) is 0 Å². The molecule has 0 unspecified atom stereocenters. The summed E-state index contributed by atoms with van der Waals surface area (Å²) in [5, 5.41) is 13.2. The van der Waals surface area contributed by atoms with E-state index in [-0.39, 0.29) is 17.2 Å². The summed E-state index contributed by atoms with van der Waals surface area (Å²) in [5.41, 5.74) is 1.99. The average Bonchev–Trinajstić information content (AvgIpc) is 3.26. The summed E-state index contributed by atoms with van der Waals surface area (Å²) in [6, 6.07) is 13.8. The van der Waals surface area contributed by atoms with Gasteiger partial charge in [0.05, 0.1) is 5.69 Å². The predicted octanol–water partition coefficient (Wildman–Crippen LogP) is 4.35. The highest BCUT2D eigenvalue weighted by Gasteiger charge is 2.13. The Bertz CT molecular complexity index is 1000. The van der Waals surface area contributed by atoms with Crippen molar-refractivity contribution in [3.63, 3.8) is 0 Å². The van der Waals surface area contributed by atoms with E-state index in [1.54, 1.807) is 0 Å². The largest absolute Gasteiger partial charge is 0.372 e. The second-order valence-corrected chi connectivity index (χ2v) is 6.75. The van der Waals surface area contributed by atoms with Crippen molar-refractivity contribution in [3.05, 3.63) is 71.9 Å². The molecule has 1 fully saturated rings. The van der Waals surface area contributed by atoms with Gasteiger partial charge in [-0.3, -0.25) is 4.79 Å². The zero-order valence-corrected chi connectivity index (χ0v) is 15.5. The molecule has 8 heteroatoms. The number of nitrogens with zero attached hydrogens (tertiary/aromatic N) is 3. The molecule has 29 heavy (non-hydrogen) atoms. The highest BCUT2D eigenvalue weighted by Crippen LogP contribution is 2.22. The number of hydrogen-bond donors (Lipinski definition) is 2. The topological polar surface area (TPSA) is 70.2 Å². The van der Waals surface area contributed by atoms with Gasteiger partial charge in [-0.1, -0.05) is 0 Å². The van der Waals surface area contributed by atoms with Crippen LogP contribution in [0.5, 0.6) is 0 Å². The van der Waals surface area contributed by atoms with E-state index in [1.807, 2.05) is 24.3 Å². The third-order valence-corrected chi connectivity index (χ3v) is 4.69. The normalized spacial score (nSPS) is 13.4. The van der Waals surface area contributed by atoms with E-state index >= 15 is 0 Å². The summed E-state index contributed by atoms with van der Waals surface area (Å²) in [5.74, 6) is -1.57. The number of halogens is 2. The first kappa shape index (κ1) is 18.8. The van der Waals surface area contributed by atoms with Crippen LogP contribution in [0.2, 0.25) is 0 Å². The van der Waals surface area contributed by atoms with E-state index < -0.39 is 17.5 Å². The van der Waals surface area contributed by atoms with Gasteiger partial charge in [0.15, 0.2) is 11.5 Å². The molecule has 2 heterocycles. The number of aromatic nitrogens is 2. The second-order valence-electron chi connectivity index (χ2n) is 6.75. The predicted molar refractivity (Wildman–Crippen MR) is 108 cm³/mol. The van der Waals surface area contributed by atoms with Crippen molar-refractivity contribution in [2.45, 2.75) is 12.8 Å². The maximum absolute atomic E-state index is 13.7. The molecule has 0 radical (unpaired) electrons. The van der Waals surface area contributed by atoms with Crippen LogP contribution in [-0.4, -0.2) is 29.2 Å². The molecule has 1 saturated heterocycles. The average molecular weight is 395 g/mol. The third-order valence-electron chi connectivity index (χ3n) is 4.69. The van der Waals surface area contributed by atoms with Gasteiger partial charge in [-0.2, -0.15) is 0 Å². The van der Waals surface area contributed by atoms with E-state index in [0.29, 0.717) is 5.69 Å². The Morgan fingerprint density at radius 1 is 0.931 bits per heavy atom. The van der Waals surface area contributed by atoms with Crippen LogP contribution in [0.25, 0.3) is 0 Å². The lowest BCUT2D eigenvalue weighted by Crippen LogP contribution is -2.18. The highest BCUT2D eigenvalue weighted by atomic mass is 19.1. The third kappa shape index (κ3) is 4.48. The number of carbonyl (C=O) groups is 1. The SMILES string of the molecule is O=C(Nc1ccc(N2CCCC2)cc1)c1ccc(Nc2ccc(F)cc2F)nn1. The minimum absolute atomic E-state index is 0.0657. The molecule has 1 aliphatic rings. The van der Waals surface area contributed by atoms with Gasteiger partial charge in [0, 0.05) is 30.5 Å². The number of benzene rings is 2. The molecule has 0 saturated carbocycles. The molecule has 3 aromatic rings. The lowest BCUT2D eigenvalue weighted by Gasteiger charge is -2.17. The van der Waals surface area contributed by atoms with Crippen LogP contribution < -0.4 is 15.5 Å². The van der Waals surface area contributed by atoms with Gasteiger partial charge < -0.3 is 15.5 Å². The van der Waals surface area contributed by atoms with Gasteiger partial charge in [0.1, 0.15) is 11.6 Å². The number of anilines is 4. The molecule has 0 spiro atoms. The van der Waals surface area contributed by atoms with Crippen LogP contribution in [0.15, 0.2) is 54.6 Å². The Morgan fingerprint density at radius 3 is 2.34 bits per heavy atom. The van der Waals surface area contributed by atoms with Crippen LogP contribution in [0, 0.1) is 11.6 Å². The van der Waals surface area contributed by atoms with Crippen molar-refractivity contribution in [3.8, 4) is 0 Å². The number of hydrogen-bond acceptors (Lipinski definition) is 5. The number of amides is 1. The Morgan fingerprint density at radius 2 is 1.69 bits per heavy atom. The van der Waals surface area contributed by atoms with E-state index in [0.717, 1.165) is 30.9 Å². The summed E-state index contributed by atoms with van der Waals surface area (Å²) in [6.07, 6.45) is 2.41. The minimum atomic E-state index is -0.744. The minimum Gasteiger partial charge on any atom is -0.372 e. The Balaban J connectivity index is 1.38. The molecule has 0 aliphatic carbocycles. The molecule has 148 valence electrons. The van der Waals surface area contributed by atoms with Crippen molar-refractivity contribution >= 4 is 28.8 Å². The fraction of sp³-hybridized carbons (Fsp3) is 0.190. The van der Waals surface area contributed by atoms with Crippen LogP contribution in [0.4, 0.5) is 31.7 Å². The number of rotatable bonds is 5. The Labute approximate surface area is 166 Å². The quantitative estimate of drug-likeness (QED) is 0.672. The van der Waals surface area contributed by atoms with Gasteiger partial charge >= 0.3 is 0 Å². The zero-order valence-electron chi connectivity index (χ0n) is 15.5. The molecule has 4 rings (SSSR count). The molecule has 0 atom stereocenters. The zero-order chi connectivity index (χ0) is 20.2. The van der Waals surface area contributed by atoms with Crippen molar-refractivity contribution in [2.24, 2.45) is 0 Å². The molecule has 1 amide bonds. The van der Waals surface area contributed by atoms with Gasteiger partial charge in [-0.15, -0.1) is 10.2 Å². The first-order valence-corrected chi connectivity index (χ1v) is 9.31. The van der Waals surface area contributed by atoms with E-state index in [1.165, 1.54) is 31.0 Å². The number of carbonyl (C=O) groups excluding carboxylic acids is 1. The lowest BCUT2D eigenvalue weighted by atomic mass is 10.2. The fourth-order valence-electron chi connectivity index (χ4n) is 3.17. The fourth-order valence-corrected chi connectivity index (χ4v) is 3.17.